The van der Waals surface area contributed by atoms with E-state index in [1.54, 1.807) is 0 Å². The number of halogens is 3. The highest BCUT2D eigenvalue weighted by Crippen LogP contribution is 2.34. The van der Waals surface area contributed by atoms with Crippen molar-refractivity contribution in [2.24, 2.45) is 0 Å². The molecule has 2 saturated heterocycles. The number of ether oxygens (including phenoxy) is 3. The van der Waals surface area contributed by atoms with E-state index in [4.69, 9.17) is 9.47 Å². The lowest BCUT2D eigenvalue weighted by molar-refractivity contribution is -0.137. The normalized spacial score (nSPS) is 25.7. The minimum atomic E-state index is -4.47. The number of hydrogen-bond acceptors (Lipinski definition) is 7. The summed E-state index contributed by atoms with van der Waals surface area (Å²) in [5, 5.41) is 10.4. The number of carbonyl (C=O) groups is 2. The maximum absolute atomic E-state index is 12.7. The fourth-order valence-corrected chi connectivity index (χ4v) is 3.53. The molecule has 9 nitrogen and oxygen atoms in total. The molecule has 1 amide bonds. The van der Waals surface area contributed by atoms with Crippen molar-refractivity contribution in [1.29, 1.82) is 0 Å². The summed E-state index contributed by atoms with van der Waals surface area (Å²) in [5.74, 6) is -1.15. The zero-order chi connectivity index (χ0) is 21.5. The van der Waals surface area contributed by atoms with E-state index in [-0.39, 0.29) is 30.5 Å². The molecule has 1 aromatic heterocycles. The van der Waals surface area contributed by atoms with Gasteiger partial charge in [0.1, 0.15) is 18.2 Å². The molecule has 0 aliphatic carbocycles. The smallest absolute Gasteiger partial charge is 0.416 e. The summed E-state index contributed by atoms with van der Waals surface area (Å²) in [6.45, 7) is 0.392. The molecule has 1 N–H and O–H groups in total. The van der Waals surface area contributed by atoms with Gasteiger partial charge in [-0.25, -0.2) is 9.48 Å². The van der Waals surface area contributed by atoms with Crippen molar-refractivity contribution in [2.45, 2.75) is 30.5 Å². The van der Waals surface area contributed by atoms with Crippen LogP contribution >= 0.6 is 0 Å². The van der Waals surface area contributed by atoms with Gasteiger partial charge in [0, 0.05) is 5.56 Å². The van der Waals surface area contributed by atoms with E-state index in [9.17, 15) is 22.8 Å². The summed E-state index contributed by atoms with van der Waals surface area (Å²) in [6.07, 6.45) is -3.95. The van der Waals surface area contributed by atoms with Crippen LogP contribution in [-0.2, 0) is 20.4 Å². The van der Waals surface area contributed by atoms with Gasteiger partial charge in [0.05, 0.1) is 38.1 Å². The summed E-state index contributed by atoms with van der Waals surface area (Å²) in [4.78, 5) is 24.0. The Balaban J connectivity index is 1.40. The Kier molecular flexibility index (Phi) is 5.20. The Morgan fingerprint density at radius 1 is 1.17 bits per heavy atom. The molecule has 0 saturated carbocycles. The number of nitrogens with one attached hydrogen (secondary N) is 1. The number of rotatable bonds is 4. The van der Waals surface area contributed by atoms with Gasteiger partial charge in [-0.1, -0.05) is 5.21 Å². The van der Waals surface area contributed by atoms with Crippen LogP contribution in [0.5, 0.6) is 0 Å². The first-order valence-electron chi connectivity index (χ1n) is 8.99. The monoisotopic (exact) mass is 426 g/mol. The Morgan fingerprint density at radius 3 is 2.53 bits per heavy atom. The van der Waals surface area contributed by atoms with Crippen LogP contribution in [0.4, 0.5) is 13.2 Å². The van der Waals surface area contributed by atoms with Gasteiger partial charge in [0.25, 0.3) is 5.91 Å². The zero-order valence-corrected chi connectivity index (χ0v) is 15.6. The summed E-state index contributed by atoms with van der Waals surface area (Å²) in [7, 11) is 1.24. The van der Waals surface area contributed by atoms with Crippen LogP contribution in [0.25, 0.3) is 0 Å². The third kappa shape index (κ3) is 3.75. The number of nitrogens with zero attached hydrogens (tertiary/aromatic N) is 3. The average Bonchev–Trinajstić information content (AvgIpc) is 3.44. The fourth-order valence-electron chi connectivity index (χ4n) is 3.53. The van der Waals surface area contributed by atoms with Crippen molar-refractivity contribution < 1.29 is 37.0 Å². The second-order valence-electron chi connectivity index (χ2n) is 6.89. The lowest BCUT2D eigenvalue weighted by Gasteiger charge is -2.18. The Bertz CT molecular complexity index is 946. The molecule has 2 aromatic rings. The zero-order valence-electron chi connectivity index (χ0n) is 15.6. The third-order valence-electron chi connectivity index (χ3n) is 5.06. The van der Waals surface area contributed by atoms with Crippen LogP contribution in [0.2, 0.25) is 0 Å². The highest BCUT2D eigenvalue weighted by molar-refractivity contribution is 5.94. The number of fused-ring (bicyclic) bond motifs is 1. The first-order valence-corrected chi connectivity index (χ1v) is 8.99. The molecule has 2 aliphatic rings. The van der Waals surface area contributed by atoms with Gasteiger partial charge >= 0.3 is 12.1 Å². The summed E-state index contributed by atoms with van der Waals surface area (Å²) in [5.41, 5.74) is -0.685. The van der Waals surface area contributed by atoms with Crippen molar-refractivity contribution >= 4 is 11.9 Å². The molecule has 160 valence electrons. The summed E-state index contributed by atoms with van der Waals surface area (Å²) < 4.78 is 55.6. The highest BCUT2D eigenvalue weighted by atomic mass is 19.4. The van der Waals surface area contributed by atoms with Crippen LogP contribution in [-0.4, -0.2) is 65.4 Å². The molecule has 1 aromatic carbocycles. The predicted octanol–water partition coefficient (Wildman–Crippen LogP) is 1.22. The van der Waals surface area contributed by atoms with Gasteiger partial charge in [0.15, 0.2) is 5.69 Å². The number of aromatic nitrogens is 3. The molecule has 12 heteroatoms. The van der Waals surface area contributed by atoms with E-state index in [0.717, 1.165) is 24.3 Å². The molecule has 0 radical (unpaired) electrons. The maximum atomic E-state index is 12.7. The first-order chi connectivity index (χ1) is 14.3. The molecule has 30 heavy (non-hydrogen) atoms. The molecule has 4 atom stereocenters. The van der Waals surface area contributed by atoms with Crippen LogP contribution in [0.3, 0.4) is 0 Å². The Morgan fingerprint density at radius 2 is 1.87 bits per heavy atom. The molecular weight excluding hydrogens is 409 g/mol. The molecule has 0 bridgehead atoms. The van der Waals surface area contributed by atoms with E-state index < -0.39 is 41.9 Å². The Labute approximate surface area is 168 Å². The molecule has 4 rings (SSSR count). The summed E-state index contributed by atoms with van der Waals surface area (Å²) >= 11 is 0. The minimum Gasteiger partial charge on any atom is -0.464 e. The van der Waals surface area contributed by atoms with Crippen molar-refractivity contribution in [2.75, 3.05) is 20.3 Å². The average molecular weight is 426 g/mol. The van der Waals surface area contributed by atoms with Crippen LogP contribution in [0.15, 0.2) is 30.5 Å². The Hall–Kier alpha value is -2.99. The minimum absolute atomic E-state index is 0.0473. The number of alkyl halides is 3. The number of benzene rings is 1. The predicted molar refractivity (Wildman–Crippen MR) is 92.6 cm³/mol. The van der Waals surface area contributed by atoms with Crippen LogP contribution in [0.1, 0.15) is 32.5 Å². The molecule has 2 aliphatic heterocycles. The second-order valence-corrected chi connectivity index (χ2v) is 6.89. The van der Waals surface area contributed by atoms with Crippen molar-refractivity contribution in [1.82, 2.24) is 20.3 Å². The van der Waals surface area contributed by atoms with Gasteiger partial charge < -0.3 is 19.5 Å². The van der Waals surface area contributed by atoms with Gasteiger partial charge in [-0.15, -0.1) is 5.10 Å². The van der Waals surface area contributed by atoms with E-state index in [1.807, 2.05) is 0 Å². The van der Waals surface area contributed by atoms with Crippen LogP contribution in [0, 0.1) is 0 Å². The molecule has 2 fully saturated rings. The maximum Gasteiger partial charge on any atom is 0.416 e. The largest absolute Gasteiger partial charge is 0.464 e. The quantitative estimate of drug-likeness (QED) is 0.733. The lowest BCUT2D eigenvalue weighted by atomic mass is 10.1. The van der Waals surface area contributed by atoms with Gasteiger partial charge in [0.2, 0.25) is 0 Å². The molecule has 0 unspecified atom stereocenters. The number of amides is 1. The lowest BCUT2D eigenvalue weighted by Crippen LogP contribution is -2.44. The summed E-state index contributed by atoms with van der Waals surface area (Å²) in [6, 6.07) is 3.11. The van der Waals surface area contributed by atoms with E-state index in [2.05, 4.69) is 20.4 Å². The number of hydrogen-bond donors (Lipinski definition) is 1. The van der Waals surface area contributed by atoms with Gasteiger partial charge in [-0.3, -0.25) is 4.79 Å². The van der Waals surface area contributed by atoms with Crippen molar-refractivity contribution in [3.63, 3.8) is 0 Å². The third-order valence-corrected chi connectivity index (χ3v) is 5.06. The topological polar surface area (TPSA) is 105 Å². The standard InChI is InChI=1S/C18H17F3N4O5/c1-28-17(27)11-6-25(24-23-11)13-8-30-14-12(7-29-15(13)14)22-16(26)9-2-4-10(5-3-9)18(19,20)21/h2-6,12-15H,7-8H2,1H3,(H,22,26)/t12-,13+,14-,15+/m0/s1. The van der Waals surface area contributed by atoms with Gasteiger partial charge in [-0.05, 0) is 24.3 Å². The molecular formula is C18H17F3N4O5. The first kappa shape index (κ1) is 20.3. The van der Waals surface area contributed by atoms with Crippen molar-refractivity contribution in [3.05, 3.63) is 47.3 Å². The van der Waals surface area contributed by atoms with E-state index >= 15 is 0 Å². The number of esters is 1. The van der Waals surface area contributed by atoms with Crippen LogP contribution < -0.4 is 5.32 Å². The second kappa shape index (κ2) is 7.69. The molecule has 3 heterocycles. The number of carbonyl (C=O) groups excluding carboxylic acids is 2. The highest BCUT2D eigenvalue weighted by Gasteiger charge is 2.49. The van der Waals surface area contributed by atoms with E-state index in [0.29, 0.717) is 0 Å². The number of methoxy groups -OCH3 is 1. The van der Waals surface area contributed by atoms with E-state index in [1.165, 1.54) is 18.0 Å². The van der Waals surface area contributed by atoms with Crippen molar-refractivity contribution in [3.8, 4) is 0 Å². The fraction of sp³-hybridized carbons (Fsp3) is 0.444. The SMILES string of the molecule is COC(=O)c1cn([C@@H]2CO[C@@H]3[C@@H]2OC[C@@H]3NC(=O)c2ccc(C(F)(F)F)cc2)nn1. The molecule has 0 spiro atoms. The van der Waals surface area contributed by atoms with Gasteiger partial charge in [-0.2, -0.15) is 13.2 Å².